The zero-order valence-corrected chi connectivity index (χ0v) is 14.2. The molecule has 0 bridgehead atoms. The van der Waals surface area contributed by atoms with Crippen LogP contribution in [0, 0.1) is 13.8 Å². The predicted molar refractivity (Wildman–Crippen MR) is 86.8 cm³/mol. The van der Waals surface area contributed by atoms with Crippen molar-refractivity contribution in [2.75, 3.05) is 20.2 Å². The first-order chi connectivity index (χ1) is 10.5. The molecule has 0 spiro atoms. The van der Waals surface area contributed by atoms with Crippen LogP contribution in [0.25, 0.3) is 0 Å². The summed E-state index contributed by atoms with van der Waals surface area (Å²) in [5.74, 6) is 0.556. The van der Waals surface area contributed by atoms with Gasteiger partial charge in [0, 0.05) is 44.9 Å². The number of carbonyl (C=O) groups is 1. The maximum atomic E-state index is 11.2. The number of nitrogens with one attached hydrogen (secondary N) is 2. The minimum absolute atomic E-state index is 0.158. The second-order valence-corrected chi connectivity index (χ2v) is 5.03. The Balaban J connectivity index is 2.35. The summed E-state index contributed by atoms with van der Waals surface area (Å²) in [6.07, 6.45) is 1.13. The second-order valence-electron chi connectivity index (χ2n) is 5.03. The normalized spacial score (nSPS) is 11.4. The number of carbonyl (C=O) groups excluding carboxylic acids is 1. The minimum atomic E-state index is -0.158. The van der Waals surface area contributed by atoms with E-state index in [1.165, 1.54) is 5.56 Å². The van der Waals surface area contributed by atoms with Gasteiger partial charge in [-0.3, -0.25) is 14.5 Å². The van der Waals surface area contributed by atoms with Gasteiger partial charge in [0.05, 0.1) is 12.3 Å². The lowest BCUT2D eigenvalue weighted by Crippen LogP contribution is -2.37. The lowest BCUT2D eigenvalue weighted by molar-refractivity contribution is -0.143. The molecule has 0 aliphatic rings. The van der Waals surface area contributed by atoms with E-state index in [1.807, 2.05) is 32.5 Å². The van der Waals surface area contributed by atoms with Crippen LogP contribution in [-0.4, -0.2) is 41.9 Å². The van der Waals surface area contributed by atoms with Crippen LogP contribution in [0.1, 0.15) is 36.7 Å². The molecule has 0 saturated carbocycles. The van der Waals surface area contributed by atoms with E-state index in [0.29, 0.717) is 38.5 Å². The molecule has 0 radical (unpaired) electrons. The van der Waals surface area contributed by atoms with Crippen molar-refractivity contribution in [2.24, 2.45) is 12.0 Å². The van der Waals surface area contributed by atoms with E-state index in [0.717, 1.165) is 11.4 Å². The molecule has 0 fully saturated rings. The molecule has 7 nitrogen and oxygen atoms in total. The third-order valence-electron chi connectivity index (χ3n) is 3.47. The molecule has 7 heteroatoms. The van der Waals surface area contributed by atoms with Crippen molar-refractivity contribution in [3.05, 3.63) is 17.0 Å². The van der Waals surface area contributed by atoms with Crippen molar-refractivity contribution in [3.8, 4) is 0 Å². The Hall–Kier alpha value is -2.05. The summed E-state index contributed by atoms with van der Waals surface area (Å²) in [5.41, 5.74) is 3.34. The van der Waals surface area contributed by atoms with Gasteiger partial charge in [0.25, 0.3) is 0 Å². The third-order valence-corrected chi connectivity index (χ3v) is 3.47. The highest BCUT2D eigenvalue weighted by Crippen LogP contribution is 2.10. The van der Waals surface area contributed by atoms with Crippen molar-refractivity contribution >= 4 is 11.9 Å². The molecule has 0 amide bonds. The van der Waals surface area contributed by atoms with Gasteiger partial charge in [0.1, 0.15) is 0 Å². The Kier molecular flexibility index (Phi) is 7.42. The first-order valence-electron chi connectivity index (χ1n) is 7.58. The van der Waals surface area contributed by atoms with Gasteiger partial charge < -0.3 is 15.4 Å². The molecule has 0 aliphatic heterocycles. The second kappa shape index (κ2) is 9.07. The fourth-order valence-electron chi connectivity index (χ4n) is 2.14. The fraction of sp³-hybridized carbons (Fsp3) is 0.667. The number of esters is 1. The van der Waals surface area contributed by atoms with Crippen LogP contribution < -0.4 is 10.6 Å². The summed E-state index contributed by atoms with van der Waals surface area (Å²) >= 11 is 0. The van der Waals surface area contributed by atoms with Crippen LogP contribution in [-0.2, 0) is 23.1 Å². The predicted octanol–water partition coefficient (Wildman–Crippen LogP) is 1.05. The number of aliphatic imine (C=N–C) groups is 1. The average Bonchev–Trinajstić information content (AvgIpc) is 2.72. The van der Waals surface area contributed by atoms with Crippen LogP contribution in [0.15, 0.2) is 4.99 Å². The number of aryl methyl sites for hydroxylation is 2. The average molecular weight is 309 g/mol. The van der Waals surface area contributed by atoms with E-state index in [-0.39, 0.29) is 5.97 Å². The van der Waals surface area contributed by atoms with Gasteiger partial charge in [-0.2, -0.15) is 5.10 Å². The molecular formula is C15H27N5O2. The highest BCUT2D eigenvalue weighted by Gasteiger charge is 2.09. The Morgan fingerprint density at radius 3 is 2.64 bits per heavy atom. The summed E-state index contributed by atoms with van der Waals surface area (Å²) in [7, 11) is 3.66. The smallest absolute Gasteiger partial charge is 0.305 e. The minimum Gasteiger partial charge on any atom is -0.466 e. The van der Waals surface area contributed by atoms with Gasteiger partial charge in [-0.1, -0.05) is 0 Å². The highest BCUT2D eigenvalue weighted by atomic mass is 16.5. The number of rotatable bonds is 7. The van der Waals surface area contributed by atoms with Crippen LogP contribution in [0.2, 0.25) is 0 Å². The third kappa shape index (κ3) is 5.38. The first kappa shape index (κ1) is 18.0. The van der Waals surface area contributed by atoms with E-state index >= 15 is 0 Å². The molecule has 0 aromatic carbocycles. The maximum absolute atomic E-state index is 11.2. The lowest BCUT2D eigenvalue weighted by atomic mass is 10.2. The molecule has 124 valence electrons. The maximum Gasteiger partial charge on any atom is 0.305 e. The van der Waals surface area contributed by atoms with E-state index in [9.17, 15) is 4.79 Å². The van der Waals surface area contributed by atoms with Gasteiger partial charge in [0.2, 0.25) is 0 Å². The molecule has 1 aromatic heterocycles. The molecule has 1 heterocycles. The Labute approximate surface area is 132 Å². The molecule has 1 aromatic rings. The topological polar surface area (TPSA) is 80.5 Å². The van der Waals surface area contributed by atoms with Crippen molar-refractivity contribution < 1.29 is 9.53 Å². The number of guanidine groups is 1. The summed E-state index contributed by atoms with van der Waals surface area (Å²) < 4.78 is 6.76. The molecule has 22 heavy (non-hydrogen) atoms. The van der Waals surface area contributed by atoms with Crippen molar-refractivity contribution in [1.29, 1.82) is 0 Å². The molecule has 2 N–H and O–H groups in total. The van der Waals surface area contributed by atoms with Crippen LogP contribution in [0.4, 0.5) is 0 Å². The summed E-state index contributed by atoms with van der Waals surface area (Å²) in [6, 6.07) is 0. The number of hydrogen-bond acceptors (Lipinski definition) is 4. The van der Waals surface area contributed by atoms with Gasteiger partial charge in [0.15, 0.2) is 5.96 Å². The van der Waals surface area contributed by atoms with E-state index in [1.54, 1.807) is 7.05 Å². The zero-order valence-electron chi connectivity index (χ0n) is 14.2. The van der Waals surface area contributed by atoms with E-state index in [2.05, 4.69) is 20.7 Å². The number of hydrogen-bond donors (Lipinski definition) is 2. The first-order valence-corrected chi connectivity index (χ1v) is 7.58. The quantitative estimate of drug-likeness (QED) is 0.340. The van der Waals surface area contributed by atoms with Gasteiger partial charge in [-0.15, -0.1) is 0 Å². The largest absolute Gasteiger partial charge is 0.466 e. The molecule has 0 atom stereocenters. The van der Waals surface area contributed by atoms with Crippen molar-refractivity contribution in [1.82, 2.24) is 20.4 Å². The Bertz CT molecular complexity index is 522. The zero-order chi connectivity index (χ0) is 16.5. The standard InChI is InChI=1S/C15H27N5O2/c1-6-22-14(21)8-7-9-17-15(16-4)18-10-13-11(2)19-20(5)12(13)3/h6-10H2,1-5H3,(H2,16,17,18). The Morgan fingerprint density at radius 2 is 2.09 bits per heavy atom. The van der Waals surface area contributed by atoms with Crippen molar-refractivity contribution in [2.45, 2.75) is 40.2 Å². The number of ether oxygens (including phenoxy) is 1. The van der Waals surface area contributed by atoms with Crippen LogP contribution >= 0.6 is 0 Å². The fourth-order valence-corrected chi connectivity index (χ4v) is 2.14. The van der Waals surface area contributed by atoms with Crippen LogP contribution in [0.5, 0.6) is 0 Å². The molecule has 0 saturated heterocycles. The Morgan fingerprint density at radius 1 is 1.36 bits per heavy atom. The molecular weight excluding hydrogens is 282 g/mol. The van der Waals surface area contributed by atoms with E-state index < -0.39 is 0 Å². The molecule has 1 rings (SSSR count). The monoisotopic (exact) mass is 309 g/mol. The molecule has 0 aliphatic carbocycles. The van der Waals surface area contributed by atoms with E-state index in [4.69, 9.17) is 4.74 Å². The SMILES string of the molecule is CCOC(=O)CCCNC(=NC)NCc1c(C)nn(C)c1C. The van der Waals surface area contributed by atoms with Gasteiger partial charge >= 0.3 is 5.97 Å². The summed E-state index contributed by atoms with van der Waals surface area (Å²) in [6.45, 7) is 7.63. The summed E-state index contributed by atoms with van der Waals surface area (Å²) in [5, 5.41) is 10.8. The lowest BCUT2D eigenvalue weighted by Gasteiger charge is -2.12. The number of aromatic nitrogens is 2. The van der Waals surface area contributed by atoms with Crippen LogP contribution in [0.3, 0.4) is 0 Å². The van der Waals surface area contributed by atoms with Crippen molar-refractivity contribution in [3.63, 3.8) is 0 Å². The number of nitrogens with zero attached hydrogens (tertiary/aromatic N) is 3. The summed E-state index contributed by atoms with van der Waals surface area (Å²) in [4.78, 5) is 15.4. The van der Waals surface area contributed by atoms with Gasteiger partial charge in [-0.05, 0) is 27.2 Å². The van der Waals surface area contributed by atoms with Gasteiger partial charge in [-0.25, -0.2) is 0 Å². The molecule has 0 unspecified atom stereocenters. The highest BCUT2D eigenvalue weighted by molar-refractivity contribution is 5.79.